The van der Waals surface area contributed by atoms with E-state index in [1.807, 2.05) is 0 Å². The second-order valence-corrected chi connectivity index (χ2v) is 5.22. The maximum Gasteiger partial charge on any atom is 0.162 e. The van der Waals surface area contributed by atoms with Gasteiger partial charge in [-0.05, 0) is 30.2 Å². The molecule has 0 radical (unpaired) electrons. The Bertz CT molecular complexity index is 622. The summed E-state index contributed by atoms with van der Waals surface area (Å²) >= 11 is 2.95. The van der Waals surface area contributed by atoms with Crippen molar-refractivity contribution in [3.63, 3.8) is 0 Å². The van der Waals surface area contributed by atoms with Crippen LogP contribution in [0.25, 0.3) is 0 Å². The normalized spacial score (nSPS) is 12.5. The number of hydrogen-bond donors (Lipinski definition) is 1. The van der Waals surface area contributed by atoms with Crippen LogP contribution >= 0.6 is 15.9 Å². The molecule has 20 heavy (non-hydrogen) atoms. The summed E-state index contributed by atoms with van der Waals surface area (Å²) in [5.41, 5.74) is 5.33. The predicted molar refractivity (Wildman–Crippen MR) is 71.0 cm³/mol. The summed E-state index contributed by atoms with van der Waals surface area (Å²) in [7, 11) is 0. The van der Waals surface area contributed by atoms with Gasteiger partial charge in [0, 0.05) is 16.1 Å². The van der Waals surface area contributed by atoms with E-state index in [-0.39, 0.29) is 22.0 Å². The minimum Gasteiger partial charge on any atom is -0.323 e. The van der Waals surface area contributed by atoms with Gasteiger partial charge in [0.05, 0.1) is 0 Å². The van der Waals surface area contributed by atoms with Crippen molar-refractivity contribution in [1.29, 1.82) is 0 Å². The van der Waals surface area contributed by atoms with E-state index in [9.17, 15) is 17.6 Å². The fraction of sp³-hybridized carbons (Fsp3) is 0.143. The van der Waals surface area contributed by atoms with Crippen molar-refractivity contribution in [2.75, 3.05) is 0 Å². The molecule has 6 heteroatoms. The molecule has 0 spiro atoms. The van der Waals surface area contributed by atoms with Gasteiger partial charge in [-0.1, -0.05) is 28.1 Å². The van der Waals surface area contributed by atoms with Crippen LogP contribution < -0.4 is 5.73 Å². The third-order valence-electron chi connectivity index (χ3n) is 2.89. The van der Waals surface area contributed by atoms with Crippen LogP contribution in [-0.4, -0.2) is 0 Å². The zero-order valence-electron chi connectivity index (χ0n) is 10.1. The van der Waals surface area contributed by atoms with Crippen LogP contribution in [0.5, 0.6) is 0 Å². The lowest BCUT2D eigenvalue weighted by molar-refractivity contribution is 0.486. The van der Waals surface area contributed by atoms with Crippen LogP contribution in [0.3, 0.4) is 0 Å². The van der Waals surface area contributed by atoms with Gasteiger partial charge in [0.1, 0.15) is 11.6 Å². The lowest BCUT2D eigenvalue weighted by Gasteiger charge is -2.15. The molecule has 2 rings (SSSR count). The minimum absolute atomic E-state index is 0.0285. The molecule has 2 aromatic carbocycles. The molecule has 106 valence electrons. The van der Waals surface area contributed by atoms with Crippen molar-refractivity contribution in [3.8, 4) is 0 Å². The number of nitrogens with two attached hydrogens (primary N) is 1. The molecule has 0 fully saturated rings. The smallest absolute Gasteiger partial charge is 0.162 e. The van der Waals surface area contributed by atoms with Crippen LogP contribution in [0.4, 0.5) is 17.6 Å². The van der Waals surface area contributed by atoms with E-state index in [1.165, 1.54) is 12.1 Å². The Balaban J connectivity index is 2.33. The van der Waals surface area contributed by atoms with Crippen molar-refractivity contribution in [3.05, 3.63) is 69.2 Å². The molecule has 0 amide bonds. The molecule has 2 N–H and O–H groups in total. The van der Waals surface area contributed by atoms with Gasteiger partial charge in [-0.2, -0.15) is 0 Å². The molecule has 0 heterocycles. The first-order chi connectivity index (χ1) is 9.40. The summed E-state index contributed by atoms with van der Waals surface area (Å²) in [5.74, 6) is -3.74. The molecule has 0 aliphatic carbocycles. The molecule has 1 nitrogen and oxygen atoms in total. The molecule has 1 unspecified atom stereocenters. The zero-order chi connectivity index (χ0) is 14.9. The van der Waals surface area contributed by atoms with Gasteiger partial charge < -0.3 is 5.73 Å². The largest absolute Gasteiger partial charge is 0.323 e. The Kier molecular flexibility index (Phi) is 4.45. The standard InChI is InChI=1S/C14H10BrF4N/c15-8-5-10(17)13(11(18)6-8)12(20)4-7-2-1-3-9(16)14(7)19/h1-3,5-6,12H,4,20H2. The quantitative estimate of drug-likeness (QED) is 0.825. The Labute approximate surface area is 121 Å². The van der Waals surface area contributed by atoms with Crippen LogP contribution in [0, 0.1) is 23.3 Å². The second-order valence-electron chi connectivity index (χ2n) is 4.31. The third kappa shape index (κ3) is 3.02. The summed E-state index contributed by atoms with van der Waals surface area (Å²) in [6, 6.07) is 4.63. The Morgan fingerprint density at radius 1 is 1.00 bits per heavy atom. The number of rotatable bonds is 3. The van der Waals surface area contributed by atoms with Crippen LogP contribution in [-0.2, 0) is 6.42 Å². The lowest BCUT2D eigenvalue weighted by atomic mass is 9.98. The van der Waals surface area contributed by atoms with E-state index in [4.69, 9.17) is 5.73 Å². The van der Waals surface area contributed by atoms with Crippen LogP contribution in [0.2, 0.25) is 0 Å². The highest BCUT2D eigenvalue weighted by molar-refractivity contribution is 9.10. The fourth-order valence-corrected chi connectivity index (χ4v) is 2.35. The molecular weight excluding hydrogens is 338 g/mol. The van der Waals surface area contributed by atoms with E-state index in [1.54, 1.807) is 0 Å². The molecule has 1 atom stereocenters. The SMILES string of the molecule is NC(Cc1cccc(F)c1F)c1c(F)cc(Br)cc1F. The Morgan fingerprint density at radius 2 is 1.60 bits per heavy atom. The predicted octanol–water partition coefficient (Wildman–Crippen LogP) is 4.25. The molecule has 0 aliphatic heterocycles. The maximum atomic E-state index is 13.7. The van der Waals surface area contributed by atoms with E-state index >= 15 is 0 Å². The van der Waals surface area contributed by atoms with Crippen molar-refractivity contribution < 1.29 is 17.6 Å². The zero-order valence-corrected chi connectivity index (χ0v) is 11.7. The van der Waals surface area contributed by atoms with E-state index in [0.29, 0.717) is 0 Å². The number of halogens is 5. The number of benzene rings is 2. The first kappa shape index (κ1) is 15.0. The Morgan fingerprint density at radius 3 is 2.20 bits per heavy atom. The minimum atomic E-state index is -1.11. The van der Waals surface area contributed by atoms with Gasteiger partial charge in [-0.25, -0.2) is 17.6 Å². The second kappa shape index (κ2) is 5.93. The highest BCUT2D eigenvalue weighted by atomic mass is 79.9. The van der Waals surface area contributed by atoms with Gasteiger partial charge in [0.25, 0.3) is 0 Å². The van der Waals surface area contributed by atoms with Gasteiger partial charge in [0.15, 0.2) is 11.6 Å². The lowest BCUT2D eigenvalue weighted by Crippen LogP contribution is -2.18. The van der Waals surface area contributed by atoms with Gasteiger partial charge in [-0.15, -0.1) is 0 Å². The summed E-state index contributed by atoms with van der Waals surface area (Å²) in [5, 5.41) is 0. The van der Waals surface area contributed by atoms with Crippen molar-refractivity contribution in [2.24, 2.45) is 5.73 Å². The third-order valence-corrected chi connectivity index (χ3v) is 3.34. The molecule has 0 saturated carbocycles. The first-order valence-corrected chi connectivity index (χ1v) is 6.52. The highest BCUT2D eigenvalue weighted by Gasteiger charge is 2.20. The van der Waals surface area contributed by atoms with Gasteiger partial charge in [0.2, 0.25) is 0 Å². The highest BCUT2D eigenvalue weighted by Crippen LogP contribution is 2.26. The van der Waals surface area contributed by atoms with Crippen LogP contribution in [0.15, 0.2) is 34.8 Å². The summed E-state index contributed by atoms with van der Waals surface area (Å²) in [6.45, 7) is 0. The van der Waals surface area contributed by atoms with Crippen molar-refractivity contribution in [1.82, 2.24) is 0 Å². The van der Waals surface area contributed by atoms with Crippen LogP contribution in [0.1, 0.15) is 17.2 Å². The molecular formula is C14H10BrF4N. The maximum absolute atomic E-state index is 13.7. The average Bonchev–Trinajstić information content (AvgIpc) is 2.33. The molecule has 0 saturated heterocycles. The summed E-state index contributed by atoms with van der Waals surface area (Å²) in [4.78, 5) is 0. The molecule has 0 bridgehead atoms. The molecule has 0 aromatic heterocycles. The summed E-state index contributed by atoms with van der Waals surface area (Å²) in [6.07, 6.45) is -0.209. The van der Waals surface area contributed by atoms with E-state index in [0.717, 1.165) is 18.2 Å². The fourth-order valence-electron chi connectivity index (χ4n) is 1.95. The van der Waals surface area contributed by atoms with E-state index < -0.39 is 29.3 Å². The first-order valence-electron chi connectivity index (χ1n) is 5.73. The van der Waals surface area contributed by atoms with E-state index in [2.05, 4.69) is 15.9 Å². The summed E-state index contributed by atoms with van der Waals surface area (Å²) < 4.78 is 54.3. The van der Waals surface area contributed by atoms with Crippen molar-refractivity contribution >= 4 is 15.9 Å². The average molecular weight is 348 g/mol. The topological polar surface area (TPSA) is 26.0 Å². The monoisotopic (exact) mass is 347 g/mol. The number of hydrogen-bond acceptors (Lipinski definition) is 1. The molecule has 2 aromatic rings. The van der Waals surface area contributed by atoms with Crippen molar-refractivity contribution in [2.45, 2.75) is 12.5 Å². The molecule has 0 aliphatic rings. The Hall–Kier alpha value is -1.40. The van der Waals surface area contributed by atoms with Gasteiger partial charge >= 0.3 is 0 Å². The van der Waals surface area contributed by atoms with Gasteiger partial charge in [-0.3, -0.25) is 0 Å².